The molecule has 1 heterocycles. The van der Waals surface area contributed by atoms with Crippen LogP contribution in [0.15, 0.2) is 29.8 Å². The van der Waals surface area contributed by atoms with Crippen LogP contribution in [0.1, 0.15) is 32.8 Å². The monoisotopic (exact) mass is 278 g/mol. The van der Waals surface area contributed by atoms with E-state index >= 15 is 0 Å². The van der Waals surface area contributed by atoms with E-state index in [1.54, 1.807) is 5.57 Å². The predicted octanol–water partition coefficient (Wildman–Crippen LogP) is 4.10. The van der Waals surface area contributed by atoms with E-state index in [4.69, 9.17) is 17.3 Å². The summed E-state index contributed by atoms with van der Waals surface area (Å²) in [4.78, 5) is 2.44. The maximum absolute atomic E-state index is 6.06. The maximum atomic E-state index is 6.06. The van der Waals surface area contributed by atoms with Gasteiger partial charge in [-0.3, -0.25) is 4.90 Å². The number of anilines is 1. The summed E-state index contributed by atoms with van der Waals surface area (Å²) in [6.07, 6.45) is 3.54. The average Bonchev–Trinajstić information content (AvgIpc) is 2.33. The van der Waals surface area contributed by atoms with E-state index in [1.165, 1.54) is 5.56 Å². The molecule has 0 atom stereocenters. The van der Waals surface area contributed by atoms with E-state index in [1.807, 2.05) is 12.1 Å². The number of halogens is 1. The molecule has 0 saturated carbocycles. The van der Waals surface area contributed by atoms with Crippen molar-refractivity contribution in [3.63, 3.8) is 0 Å². The highest BCUT2D eigenvalue weighted by Gasteiger charge is 2.21. The number of benzene rings is 1. The molecule has 0 radical (unpaired) electrons. The molecule has 1 aromatic rings. The van der Waals surface area contributed by atoms with Gasteiger partial charge in [-0.2, -0.15) is 0 Å². The van der Waals surface area contributed by atoms with Crippen LogP contribution >= 0.6 is 11.6 Å². The van der Waals surface area contributed by atoms with Crippen LogP contribution in [0, 0.1) is 5.41 Å². The molecule has 0 spiro atoms. The van der Waals surface area contributed by atoms with Gasteiger partial charge < -0.3 is 5.73 Å². The Hall–Kier alpha value is -0.990. The molecule has 3 heteroatoms. The number of nitrogen functional groups attached to an aromatic ring is 1. The molecule has 1 aliphatic rings. The molecule has 0 unspecified atom stereocenters. The molecule has 0 amide bonds. The highest BCUT2D eigenvalue weighted by atomic mass is 35.5. The van der Waals surface area contributed by atoms with E-state index < -0.39 is 0 Å². The molecular weight excluding hydrogens is 256 g/mol. The molecule has 2 nitrogen and oxygen atoms in total. The molecule has 2 rings (SSSR count). The third-order valence-electron chi connectivity index (χ3n) is 3.73. The van der Waals surface area contributed by atoms with Crippen LogP contribution in [0.25, 0.3) is 0 Å². The van der Waals surface area contributed by atoms with Crippen molar-refractivity contribution in [3.8, 4) is 0 Å². The summed E-state index contributed by atoms with van der Waals surface area (Å²) in [6, 6.07) is 5.92. The van der Waals surface area contributed by atoms with Gasteiger partial charge in [-0.1, -0.05) is 50.1 Å². The second-order valence-electron chi connectivity index (χ2n) is 6.32. The van der Waals surface area contributed by atoms with Gasteiger partial charge in [0.25, 0.3) is 0 Å². The zero-order valence-corrected chi connectivity index (χ0v) is 12.8. The molecule has 0 aliphatic carbocycles. The first-order valence-electron chi connectivity index (χ1n) is 6.82. The van der Waals surface area contributed by atoms with E-state index in [0.29, 0.717) is 16.1 Å². The fourth-order valence-electron chi connectivity index (χ4n) is 2.46. The molecule has 0 fully saturated rings. The zero-order chi connectivity index (χ0) is 14.0. The lowest BCUT2D eigenvalue weighted by Crippen LogP contribution is -2.30. The van der Waals surface area contributed by atoms with Crippen LogP contribution in [0.2, 0.25) is 5.02 Å². The predicted molar refractivity (Wildman–Crippen MR) is 83.3 cm³/mol. The van der Waals surface area contributed by atoms with Gasteiger partial charge in [-0.05, 0) is 29.5 Å². The first kappa shape index (κ1) is 14.4. The second-order valence-corrected chi connectivity index (χ2v) is 6.73. The lowest BCUT2D eigenvalue weighted by molar-refractivity contribution is 0.271. The van der Waals surface area contributed by atoms with Gasteiger partial charge in [0.2, 0.25) is 0 Å². The fourth-order valence-corrected chi connectivity index (χ4v) is 2.67. The van der Waals surface area contributed by atoms with Crippen LogP contribution < -0.4 is 5.73 Å². The van der Waals surface area contributed by atoms with Crippen LogP contribution in [-0.4, -0.2) is 18.0 Å². The smallest absolute Gasteiger partial charge is 0.0638 e. The molecular formula is C16H23ClN2. The van der Waals surface area contributed by atoms with Crippen molar-refractivity contribution in [2.24, 2.45) is 5.41 Å². The van der Waals surface area contributed by atoms with E-state index in [-0.39, 0.29) is 0 Å². The van der Waals surface area contributed by atoms with Crippen molar-refractivity contribution < 1.29 is 0 Å². The Labute approximate surface area is 121 Å². The lowest BCUT2D eigenvalue weighted by Gasteiger charge is -2.32. The summed E-state index contributed by atoms with van der Waals surface area (Å²) in [5.41, 5.74) is 9.48. The number of rotatable bonds is 2. The number of hydrogen-bond acceptors (Lipinski definition) is 2. The van der Waals surface area contributed by atoms with Crippen LogP contribution in [-0.2, 0) is 6.54 Å². The van der Waals surface area contributed by atoms with Gasteiger partial charge in [0, 0.05) is 19.6 Å². The number of nitrogens with zero attached hydrogens (tertiary/aromatic N) is 1. The number of nitrogens with two attached hydrogens (primary N) is 1. The topological polar surface area (TPSA) is 29.3 Å². The van der Waals surface area contributed by atoms with Gasteiger partial charge in [0.15, 0.2) is 0 Å². The Morgan fingerprint density at radius 2 is 2.05 bits per heavy atom. The van der Waals surface area contributed by atoms with Crippen LogP contribution in [0.5, 0.6) is 0 Å². The van der Waals surface area contributed by atoms with Gasteiger partial charge in [-0.15, -0.1) is 0 Å². The Morgan fingerprint density at radius 1 is 1.32 bits per heavy atom. The Morgan fingerprint density at radius 3 is 2.58 bits per heavy atom. The van der Waals surface area contributed by atoms with Crippen molar-refractivity contribution in [1.29, 1.82) is 0 Å². The van der Waals surface area contributed by atoms with Crippen molar-refractivity contribution >= 4 is 17.3 Å². The van der Waals surface area contributed by atoms with Gasteiger partial charge in [-0.25, -0.2) is 0 Å². The Kier molecular flexibility index (Phi) is 4.22. The summed E-state index contributed by atoms with van der Waals surface area (Å²) in [5, 5.41) is 0.653. The minimum absolute atomic E-state index is 0.302. The largest absolute Gasteiger partial charge is 0.398 e. The first-order chi connectivity index (χ1) is 8.86. The Bertz CT molecular complexity index is 486. The third kappa shape index (κ3) is 3.74. The Balaban J connectivity index is 1.99. The lowest BCUT2D eigenvalue weighted by atomic mass is 9.83. The van der Waals surface area contributed by atoms with Crippen molar-refractivity contribution in [2.75, 3.05) is 18.8 Å². The average molecular weight is 279 g/mol. The van der Waals surface area contributed by atoms with Crippen molar-refractivity contribution in [1.82, 2.24) is 4.90 Å². The van der Waals surface area contributed by atoms with Crippen molar-refractivity contribution in [3.05, 3.63) is 40.4 Å². The molecule has 0 aromatic heterocycles. The van der Waals surface area contributed by atoms with Crippen LogP contribution in [0.3, 0.4) is 0 Å². The summed E-state index contributed by atoms with van der Waals surface area (Å²) in [7, 11) is 0. The van der Waals surface area contributed by atoms with E-state index in [0.717, 1.165) is 26.1 Å². The fraction of sp³-hybridized carbons (Fsp3) is 0.500. The number of hydrogen-bond donors (Lipinski definition) is 1. The molecule has 104 valence electrons. The maximum Gasteiger partial charge on any atom is 0.0638 e. The summed E-state index contributed by atoms with van der Waals surface area (Å²) in [6.45, 7) is 9.93. The molecule has 1 aromatic carbocycles. The van der Waals surface area contributed by atoms with Gasteiger partial charge in [0.1, 0.15) is 0 Å². The standard InChI is InChI=1S/C16H23ClN2/c1-16(2,3)13-6-8-19(9-7-13)11-12-4-5-15(18)14(17)10-12/h4-6,10H,7-9,11,18H2,1-3H3. The third-order valence-corrected chi connectivity index (χ3v) is 4.05. The molecule has 1 aliphatic heterocycles. The normalized spacial score (nSPS) is 17.4. The quantitative estimate of drug-likeness (QED) is 0.652. The highest BCUT2D eigenvalue weighted by molar-refractivity contribution is 6.33. The van der Waals surface area contributed by atoms with Gasteiger partial charge >= 0.3 is 0 Å². The summed E-state index contributed by atoms with van der Waals surface area (Å²) >= 11 is 6.06. The minimum atomic E-state index is 0.302. The SMILES string of the molecule is CC(C)(C)C1=CCN(Cc2ccc(N)c(Cl)c2)CC1. The van der Waals surface area contributed by atoms with E-state index in [2.05, 4.69) is 37.8 Å². The zero-order valence-electron chi connectivity index (χ0n) is 12.0. The molecule has 0 bridgehead atoms. The summed E-state index contributed by atoms with van der Waals surface area (Å²) < 4.78 is 0. The minimum Gasteiger partial charge on any atom is -0.398 e. The highest BCUT2D eigenvalue weighted by Crippen LogP contribution is 2.30. The molecule has 0 saturated heterocycles. The molecule has 19 heavy (non-hydrogen) atoms. The second kappa shape index (κ2) is 5.56. The molecule has 2 N–H and O–H groups in total. The van der Waals surface area contributed by atoms with E-state index in [9.17, 15) is 0 Å². The van der Waals surface area contributed by atoms with Crippen molar-refractivity contribution in [2.45, 2.75) is 33.7 Å². The summed E-state index contributed by atoms with van der Waals surface area (Å²) in [5.74, 6) is 0. The first-order valence-corrected chi connectivity index (χ1v) is 7.20. The van der Waals surface area contributed by atoms with Gasteiger partial charge in [0.05, 0.1) is 10.7 Å². The van der Waals surface area contributed by atoms with Crippen LogP contribution in [0.4, 0.5) is 5.69 Å².